The highest BCUT2D eigenvalue weighted by molar-refractivity contribution is 5.83. The number of ether oxygens (including phenoxy) is 1. The largest absolute Gasteiger partial charge is 0.481 e. The van der Waals surface area contributed by atoms with Gasteiger partial charge in [-0.3, -0.25) is 9.59 Å². The predicted octanol–water partition coefficient (Wildman–Crippen LogP) is 0.596. The Bertz CT molecular complexity index is 387. The minimum atomic E-state index is -0.801. The number of nitrogens with zero attached hydrogens (tertiary/aromatic N) is 1. The summed E-state index contributed by atoms with van der Waals surface area (Å²) in [5.74, 6) is -0.871. The first-order valence-corrected chi connectivity index (χ1v) is 7.40. The molecule has 0 aromatic carbocycles. The van der Waals surface area contributed by atoms with Gasteiger partial charge in [0, 0.05) is 19.6 Å². The van der Waals surface area contributed by atoms with E-state index in [-0.39, 0.29) is 12.0 Å². The summed E-state index contributed by atoms with van der Waals surface area (Å²) in [7, 11) is 0. The van der Waals surface area contributed by atoms with Crippen LogP contribution in [0.3, 0.4) is 0 Å². The summed E-state index contributed by atoms with van der Waals surface area (Å²) in [6.45, 7) is 3.22. The molecule has 0 radical (unpaired) electrons. The van der Waals surface area contributed by atoms with Crippen molar-refractivity contribution in [2.45, 2.75) is 51.2 Å². The van der Waals surface area contributed by atoms with Gasteiger partial charge in [-0.25, -0.2) is 0 Å². The van der Waals surface area contributed by atoms with Crippen molar-refractivity contribution in [3.05, 3.63) is 0 Å². The molecule has 3 unspecified atom stereocenters. The number of piperidine rings is 1. The van der Waals surface area contributed by atoms with Crippen LogP contribution in [0.5, 0.6) is 0 Å². The molecule has 0 aliphatic carbocycles. The van der Waals surface area contributed by atoms with Crippen molar-refractivity contribution in [2.24, 2.45) is 11.1 Å². The number of hydrogen-bond donors (Lipinski definition) is 2. The van der Waals surface area contributed by atoms with E-state index in [0.717, 1.165) is 12.8 Å². The molecular formula is C14H24N2O4. The molecule has 3 N–H and O–H groups in total. The van der Waals surface area contributed by atoms with Crippen LogP contribution in [0, 0.1) is 5.41 Å². The molecule has 2 saturated heterocycles. The predicted molar refractivity (Wildman–Crippen MR) is 73.1 cm³/mol. The molecule has 2 heterocycles. The Morgan fingerprint density at radius 2 is 2.20 bits per heavy atom. The minimum absolute atomic E-state index is 0.0378. The van der Waals surface area contributed by atoms with Crippen LogP contribution in [-0.2, 0) is 14.3 Å². The number of hydrogen-bond acceptors (Lipinski definition) is 4. The van der Waals surface area contributed by atoms with Gasteiger partial charge in [0.05, 0.1) is 11.5 Å². The molecule has 0 spiro atoms. The van der Waals surface area contributed by atoms with E-state index >= 15 is 0 Å². The maximum Gasteiger partial charge on any atom is 0.311 e. The molecule has 20 heavy (non-hydrogen) atoms. The molecule has 0 aromatic rings. The zero-order chi connectivity index (χ0) is 14.8. The number of carboxylic acid groups (broad SMARTS) is 1. The normalized spacial score (nSPS) is 34.2. The van der Waals surface area contributed by atoms with Crippen LogP contribution < -0.4 is 5.73 Å². The summed E-state index contributed by atoms with van der Waals surface area (Å²) in [6, 6.07) is 0. The fourth-order valence-electron chi connectivity index (χ4n) is 3.20. The molecular weight excluding hydrogens is 260 g/mol. The molecule has 0 saturated carbocycles. The lowest BCUT2D eigenvalue weighted by atomic mass is 9.77. The van der Waals surface area contributed by atoms with Gasteiger partial charge in [-0.2, -0.15) is 0 Å². The average molecular weight is 284 g/mol. The summed E-state index contributed by atoms with van der Waals surface area (Å²) >= 11 is 0. The van der Waals surface area contributed by atoms with Crippen LogP contribution >= 0.6 is 0 Å². The third-order valence-corrected chi connectivity index (χ3v) is 4.66. The molecule has 6 nitrogen and oxygen atoms in total. The van der Waals surface area contributed by atoms with Crippen LogP contribution in [0.15, 0.2) is 0 Å². The van der Waals surface area contributed by atoms with E-state index in [4.69, 9.17) is 10.5 Å². The SMILES string of the molecule is CCC1(C(=O)O)CCCN(C(=O)C2CCC(CN)O2)C1. The molecule has 114 valence electrons. The Labute approximate surface area is 119 Å². The summed E-state index contributed by atoms with van der Waals surface area (Å²) in [4.78, 5) is 25.6. The van der Waals surface area contributed by atoms with Crippen molar-refractivity contribution in [1.29, 1.82) is 0 Å². The summed E-state index contributed by atoms with van der Waals surface area (Å²) in [5.41, 5.74) is 4.76. The Morgan fingerprint density at radius 1 is 1.45 bits per heavy atom. The van der Waals surface area contributed by atoms with Crippen LogP contribution in [0.1, 0.15) is 39.0 Å². The number of carbonyl (C=O) groups excluding carboxylic acids is 1. The van der Waals surface area contributed by atoms with Gasteiger partial charge in [-0.05, 0) is 32.1 Å². The molecule has 0 aromatic heterocycles. The lowest BCUT2D eigenvalue weighted by molar-refractivity contribution is -0.158. The van der Waals surface area contributed by atoms with E-state index < -0.39 is 17.5 Å². The molecule has 3 atom stereocenters. The van der Waals surface area contributed by atoms with Crippen molar-refractivity contribution in [1.82, 2.24) is 4.90 Å². The first-order chi connectivity index (χ1) is 9.52. The Balaban J connectivity index is 2.02. The van der Waals surface area contributed by atoms with Gasteiger partial charge in [0.2, 0.25) is 0 Å². The number of nitrogens with two attached hydrogens (primary N) is 1. The number of rotatable bonds is 4. The van der Waals surface area contributed by atoms with Crippen molar-refractivity contribution >= 4 is 11.9 Å². The van der Waals surface area contributed by atoms with Crippen molar-refractivity contribution in [3.63, 3.8) is 0 Å². The fraction of sp³-hybridized carbons (Fsp3) is 0.857. The van der Waals surface area contributed by atoms with E-state index in [9.17, 15) is 14.7 Å². The molecule has 1 amide bonds. The van der Waals surface area contributed by atoms with Gasteiger partial charge in [0.15, 0.2) is 0 Å². The number of carboxylic acids is 1. The van der Waals surface area contributed by atoms with Gasteiger partial charge in [0.1, 0.15) is 6.10 Å². The maximum atomic E-state index is 12.5. The van der Waals surface area contributed by atoms with Crippen LogP contribution in [0.25, 0.3) is 0 Å². The number of carbonyl (C=O) groups is 2. The molecule has 0 bridgehead atoms. The molecule has 2 aliphatic rings. The summed E-state index contributed by atoms with van der Waals surface area (Å²) in [6.07, 6.45) is 2.93. The van der Waals surface area contributed by atoms with Crippen LogP contribution in [-0.4, -0.2) is 53.7 Å². The Kier molecular flexibility index (Phi) is 4.65. The second-order valence-electron chi connectivity index (χ2n) is 5.86. The van der Waals surface area contributed by atoms with Crippen molar-refractivity contribution in [2.75, 3.05) is 19.6 Å². The molecule has 2 rings (SSSR count). The van der Waals surface area contributed by atoms with E-state index in [1.807, 2.05) is 6.92 Å². The zero-order valence-corrected chi connectivity index (χ0v) is 12.0. The summed E-state index contributed by atoms with van der Waals surface area (Å²) in [5, 5.41) is 9.45. The standard InChI is InChI=1S/C14H24N2O4/c1-2-14(13(18)19)6-3-7-16(9-14)12(17)11-5-4-10(8-15)20-11/h10-11H,2-9,15H2,1H3,(H,18,19). The van der Waals surface area contributed by atoms with Crippen LogP contribution in [0.4, 0.5) is 0 Å². The highest BCUT2D eigenvalue weighted by atomic mass is 16.5. The molecule has 2 fully saturated rings. The third-order valence-electron chi connectivity index (χ3n) is 4.66. The Hall–Kier alpha value is -1.14. The third kappa shape index (κ3) is 2.81. The van der Waals surface area contributed by atoms with Gasteiger partial charge >= 0.3 is 5.97 Å². The van der Waals surface area contributed by atoms with Crippen LogP contribution in [0.2, 0.25) is 0 Å². The Morgan fingerprint density at radius 3 is 2.75 bits per heavy atom. The van der Waals surface area contributed by atoms with Crippen molar-refractivity contribution in [3.8, 4) is 0 Å². The molecule has 2 aliphatic heterocycles. The monoisotopic (exact) mass is 284 g/mol. The smallest absolute Gasteiger partial charge is 0.311 e. The van der Waals surface area contributed by atoms with E-state index in [1.54, 1.807) is 4.90 Å². The number of aliphatic carboxylic acids is 1. The number of likely N-dealkylation sites (tertiary alicyclic amines) is 1. The highest BCUT2D eigenvalue weighted by Crippen LogP contribution is 2.34. The zero-order valence-electron chi connectivity index (χ0n) is 12.0. The van der Waals surface area contributed by atoms with Gasteiger partial charge in [-0.15, -0.1) is 0 Å². The molecule has 6 heteroatoms. The quantitative estimate of drug-likeness (QED) is 0.788. The summed E-state index contributed by atoms with van der Waals surface area (Å²) < 4.78 is 5.62. The first-order valence-electron chi connectivity index (χ1n) is 7.40. The topological polar surface area (TPSA) is 92.9 Å². The van der Waals surface area contributed by atoms with Gasteiger partial charge in [-0.1, -0.05) is 6.92 Å². The van der Waals surface area contributed by atoms with E-state index in [0.29, 0.717) is 38.9 Å². The lowest BCUT2D eigenvalue weighted by Crippen LogP contribution is -2.52. The lowest BCUT2D eigenvalue weighted by Gasteiger charge is -2.40. The first kappa shape index (κ1) is 15.3. The maximum absolute atomic E-state index is 12.5. The van der Waals surface area contributed by atoms with E-state index in [1.165, 1.54) is 0 Å². The minimum Gasteiger partial charge on any atom is -0.481 e. The van der Waals surface area contributed by atoms with Gasteiger partial charge in [0.25, 0.3) is 5.91 Å². The highest BCUT2D eigenvalue weighted by Gasteiger charge is 2.44. The number of amides is 1. The van der Waals surface area contributed by atoms with Gasteiger partial charge < -0.3 is 20.5 Å². The second kappa shape index (κ2) is 6.10. The van der Waals surface area contributed by atoms with Crippen molar-refractivity contribution < 1.29 is 19.4 Å². The second-order valence-corrected chi connectivity index (χ2v) is 5.86. The average Bonchev–Trinajstić information content (AvgIpc) is 2.95. The van der Waals surface area contributed by atoms with E-state index in [2.05, 4.69) is 0 Å². The fourth-order valence-corrected chi connectivity index (χ4v) is 3.20.